The Morgan fingerprint density at radius 3 is 1.67 bits per heavy atom. The number of allylic oxidation sites excluding steroid dienone is 1. The molecular formula is C98H141N25O23S4. The quantitative estimate of drug-likeness (QED) is 0.0190. The number of fused-ring (bicyclic) bond motifs is 7. The molecule has 5 aliphatic rings. The van der Waals surface area contributed by atoms with Gasteiger partial charge in [0.05, 0.1) is 25.6 Å². The number of thioether (sulfide) groups is 4. The molecule has 20 atom stereocenters. The molecule has 0 aromatic heterocycles. The van der Waals surface area contributed by atoms with Gasteiger partial charge in [0.1, 0.15) is 114 Å². The van der Waals surface area contributed by atoms with E-state index in [4.69, 9.17) is 22.9 Å². The van der Waals surface area contributed by atoms with E-state index in [1.165, 1.54) is 68.5 Å². The van der Waals surface area contributed by atoms with Crippen molar-refractivity contribution in [2.45, 2.75) is 259 Å². The molecule has 52 heteroatoms. The second-order valence-corrected chi connectivity index (χ2v) is 41.9. The fourth-order valence-corrected chi connectivity index (χ4v) is 20.2. The van der Waals surface area contributed by atoms with Crippen LogP contribution < -0.4 is 129 Å². The van der Waals surface area contributed by atoms with E-state index in [9.17, 15) is 96.2 Å². The van der Waals surface area contributed by atoms with Crippen LogP contribution in [-0.4, -0.2) is 321 Å². The number of nitrogens with zero attached hydrogens (tertiary/aromatic N) is 1. The Bertz CT molecular complexity index is 5330. The third kappa shape index (κ3) is 39.2. The van der Waals surface area contributed by atoms with Crippen LogP contribution in [-0.2, 0) is 125 Å². The highest BCUT2D eigenvalue weighted by Gasteiger charge is 2.45. The predicted octanol–water partition coefficient (Wildman–Crippen LogP) is -6.02. The Hall–Kier alpha value is -13.4. The second-order valence-electron chi connectivity index (χ2n) is 37.4. The number of benzene rings is 3. The second kappa shape index (κ2) is 61.6. The smallest absolute Gasteiger partial charge is 0.267 e. The van der Waals surface area contributed by atoms with Crippen molar-refractivity contribution in [2.24, 2.45) is 34.8 Å². The molecule has 820 valence electrons. The number of amides is 22. The van der Waals surface area contributed by atoms with Gasteiger partial charge in [-0.2, -0.15) is 35.3 Å². The van der Waals surface area contributed by atoms with Gasteiger partial charge in [-0.25, -0.2) is 0 Å². The molecule has 4 saturated heterocycles. The molecule has 29 N–H and O–H groups in total. The van der Waals surface area contributed by atoms with Gasteiger partial charge in [-0.15, -0.1) is 11.8 Å². The van der Waals surface area contributed by atoms with Crippen LogP contribution in [0.1, 0.15) is 143 Å². The predicted molar refractivity (Wildman–Crippen MR) is 560 cm³/mol. The summed E-state index contributed by atoms with van der Waals surface area (Å²) in [4.78, 5) is 319. The summed E-state index contributed by atoms with van der Waals surface area (Å²) in [6.45, 7) is 11.3. The maximum Gasteiger partial charge on any atom is 0.267 e. The Balaban J connectivity index is 1.01. The summed E-state index contributed by atoms with van der Waals surface area (Å²) in [6, 6.07) is -4.35. The topological polar surface area (TPSA) is 744 Å². The van der Waals surface area contributed by atoms with Crippen LogP contribution in [0.2, 0.25) is 0 Å². The normalized spacial score (nSPS) is 24.7. The molecule has 150 heavy (non-hydrogen) atoms. The number of rotatable bonds is 36. The number of carbonyl (C=O) groups excluding carboxylic acids is 22. The first-order chi connectivity index (χ1) is 71.5. The molecule has 22 amide bonds. The third-order valence-corrected chi connectivity index (χ3v) is 29.5. The minimum atomic E-state index is -1.80. The Labute approximate surface area is 885 Å². The first-order valence-corrected chi connectivity index (χ1v) is 54.2. The van der Waals surface area contributed by atoms with Crippen LogP contribution in [0.4, 0.5) is 0 Å². The van der Waals surface area contributed by atoms with Crippen molar-refractivity contribution >= 4 is 177 Å². The number of nitrogens with one attached hydrogen (secondary N) is 20. The van der Waals surface area contributed by atoms with E-state index in [1.54, 1.807) is 81.4 Å². The first-order valence-electron chi connectivity index (χ1n) is 49.8. The third-order valence-electron chi connectivity index (χ3n) is 25.1. The maximum absolute atomic E-state index is 15.6. The molecule has 0 saturated carbocycles. The van der Waals surface area contributed by atoms with Crippen LogP contribution >= 0.6 is 47.0 Å². The zero-order chi connectivity index (χ0) is 110. The molecule has 0 spiro atoms. The maximum atomic E-state index is 15.6. The molecule has 4 fully saturated rings. The molecule has 20 unspecified atom stereocenters. The van der Waals surface area contributed by atoms with Crippen molar-refractivity contribution in [1.82, 2.24) is 111 Å². The van der Waals surface area contributed by atoms with Crippen molar-refractivity contribution in [3.63, 3.8) is 0 Å². The summed E-state index contributed by atoms with van der Waals surface area (Å²) in [6.07, 6.45) is 2.87. The molecule has 5 aliphatic heterocycles. The highest BCUT2D eigenvalue weighted by molar-refractivity contribution is 8.02. The van der Waals surface area contributed by atoms with Gasteiger partial charge < -0.3 is 139 Å². The summed E-state index contributed by atoms with van der Waals surface area (Å²) in [5.41, 5.74) is 24.6. The monoisotopic (exact) mass is 2160 g/mol. The Morgan fingerprint density at radius 2 is 1.06 bits per heavy atom. The summed E-state index contributed by atoms with van der Waals surface area (Å²) in [5.74, 6) is -23.5. The standard InChI is InChI=1S/C98H141N25O23S4/c1-9-52(5)78(102)97(145)107-54(7)81(129)118-71-48-149-49-72(121-86(134)63(38-51(3)4)113-87(135)64(39-56-22-13-11-14-23-56)114-85(133)62(112-93(71)141)27-18-20-34-100)95(143)122-79-55(8)150-50-73(109-77(127)44-105-96(144)74-28-21-36-123(74)98(79)146)91(139)106-53(6)80(128)111-61(26-17-19-33-99)84(132)110-60(10-2)82(130)104-43-76(126)108-69-47-148-46-68-83(131)103-35-37-147-45-70(94(142)116-66(89(137)119-68)41-58-29-31-59(124)32-30-58)120-90(138)67(42-75(101)125)117-88(136)65(115-92(69)140)40-57-24-15-12-16-25-57/h10-16,22-25,29-32,35,37,51-55,61-74,78-79,124H,9,17-21,26-28,33-34,36,38-50,99-100,102H2,1-8H3,(H2,101,125)(H,103,131)(H,104,130)(H,105,144)(H,106,139)(H,107,145)(H,108,126)(H,109,127)(H,110,132)(H,111,128)(H,112,141)(H,113,135)(H,114,133)(H,115,140)(H,116,142)(H,117,136)(H,118,129)(H,119,137)(H,120,138)(H,121,134)(H,122,143)/b37-35?,60-10+. The largest absolute Gasteiger partial charge is 0.508 e. The van der Waals surface area contributed by atoms with E-state index in [0.717, 1.165) is 53.1 Å². The van der Waals surface area contributed by atoms with Crippen LogP contribution in [0.3, 0.4) is 0 Å². The number of phenols is 1. The number of aromatic hydroxyl groups is 1. The lowest BCUT2D eigenvalue weighted by Crippen LogP contribution is -2.62. The lowest BCUT2D eigenvalue weighted by atomic mass is 9.99. The summed E-state index contributed by atoms with van der Waals surface area (Å²) < 4.78 is 0. The summed E-state index contributed by atoms with van der Waals surface area (Å²) in [7, 11) is 0. The van der Waals surface area contributed by atoms with Crippen LogP contribution in [0.5, 0.6) is 5.75 Å². The number of hydrogen-bond donors (Lipinski definition) is 25. The summed E-state index contributed by atoms with van der Waals surface area (Å²) in [5, 5.41) is 62.5. The zero-order valence-electron chi connectivity index (χ0n) is 84.9. The van der Waals surface area contributed by atoms with Crippen molar-refractivity contribution in [3.8, 4) is 5.75 Å². The fraction of sp³-hybridized carbons (Fsp3) is 0.551. The number of phenolic OH excluding ortho intramolecular Hbond substituents is 1. The van der Waals surface area contributed by atoms with Gasteiger partial charge in [0.15, 0.2) is 0 Å². The minimum absolute atomic E-state index is 0.00118. The molecule has 5 heterocycles. The summed E-state index contributed by atoms with van der Waals surface area (Å²) >= 11 is 3.54. The SMILES string of the molecule is C/C=C(/NC(=O)C(CCCCN)NC(=O)C(C)NC(=O)C1CSC(C)C(NC(=O)C2CSCC(NC(=O)C(C)NC(=O)C(N)C(C)CC)C(=O)NC(CCCCN)C(=O)NC(Cc3ccccc3)C(=O)NC(CC(C)C)C(=O)N2)C(=O)N2CCCC2C(=O)NCC(=O)N1)C(=O)NCC(=O)NC1CSCC2NC(=O)C(Cc3ccc(O)cc3)NC(=O)C(CSC=CNC2=O)NC(=O)C(CC(N)=O)NC(=O)C(Cc2ccccc2)NC1=O. The highest BCUT2D eigenvalue weighted by Crippen LogP contribution is 2.27. The Morgan fingerprint density at radius 1 is 0.527 bits per heavy atom. The Kier molecular flexibility index (Phi) is 50.0. The van der Waals surface area contributed by atoms with Crippen LogP contribution in [0.25, 0.3) is 0 Å². The molecular weight excluding hydrogens is 2020 g/mol. The number of unbranched alkanes of at least 4 members (excludes halogenated alkanes) is 2. The van der Waals surface area contributed by atoms with E-state index in [1.807, 2.05) is 6.92 Å². The molecule has 2 bridgehead atoms. The van der Waals surface area contributed by atoms with Crippen molar-refractivity contribution < 1.29 is 111 Å². The van der Waals surface area contributed by atoms with Gasteiger partial charge in [0, 0.05) is 71.8 Å². The zero-order valence-corrected chi connectivity index (χ0v) is 88.2. The van der Waals surface area contributed by atoms with E-state index in [0.29, 0.717) is 48.8 Å². The van der Waals surface area contributed by atoms with Crippen LogP contribution in [0.15, 0.2) is 108 Å². The number of hydrogen-bond acceptors (Lipinski definition) is 30. The van der Waals surface area contributed by atoms with Crippen LogP contribution in [0, 0.1) is 11.8 Å². The van der Waals surface area contributed by atoms with E-state index >= 15 is 14.4 Å². The van der Waals surface area contributed by atoms with E-state index in [-0.39, 0.29) is 106 Å². The van der Waals surface area contributed by atoms with Gasteiger partial charge >= 0.3 is 0 Å². The molecule has 0 radical (unpaired) electrons. The minimum Gasteiger partial charge on any atom is -0.508 e. The highest BCUT2D eigenvalue weighted by atomic mass is 32.2. The van der Waals surface area contributed by atoms with E-state index in [2.05, 4.69) is 106 Å². The fourth-order valence-electron chi connectivity index (χ4n) is 16.2. The molecule has 8 rings (SSSR count). The lowest BCUT2D eigenvalue weighted by Gasteiger charge is -2.33. The first kappa shape index (κ1) is 122. The number of primary amides is 1. The van der Waals surface area contributed by atoms with Gasteiger partial charge in [-0.05, 0) is 138 Å². The lowest BCUT2D eigenvalue weighted by molar-refractivity contribution is -0.142. The van der Waals surface area contributed by atoms with Gasteiger partial charge in [-0.3, -0.25) is 105 Å². The average molecular weight is 2170 g/mol. The van der Waals surface area contributed by atoms with E-state index < -0.39 is 286 Å². The van der Waals surface area contributed by atoms with Gasteiger partial charge in [0.25, 0.3) is 5.91 Å². The van der Waals surface area contributed by atoms with Crippen molar-refractivity contribution in [1.29, 1.82) is 0 Å². The molecule has 3 aromatic carbocycles. The molecule has 3 aromatic rings. The average Bonchev–Trinajstić information content (AvgIpc) is 1.63. The number of carbonyl (C=O) groups is 22. The van der Waals surface area contributed by atoms with Crippen molar-refractivity contribution in [3.05, 3.63) is 125 Å². The molecule has 0 aliphatic carbocycles. The molecule has 48 nitrogen and oxygen atoms in total. The van der Waals surface area contributed by atoms with Gasteiger partial charge in [0.2, 0.25) is 124 Å². The number of nitrogens with two attached hydrogens (primary N) is 4. The van der Waals surface area contributed by atoms with Gasteiger partial charge in [-0.1, -0.05) is 120 Å². The van der Waals surface area contributed by atoms with Crippen molar-refractivity contribution in [2.75, 3.05) is 67.2 Å².